The summed E-state index contributed by atoms with van der Waals surface area (Å²) in [7, 11) is 4.02. The molecule has 0 aliphatic rings. The molecule has 0 fully saturated rings. The third kappa shape index (κ3) is 5.92. The van der Waals surface area contributed by atoms with Crippen LogP contribution in [0.1, 0.15) is 25.0 Å². The van der Waals surface area contributed by atoms with Crippen molar-refractivity contribution in [2.75, 3.05) is 27.2 Å². The molecule has 0 saturated carbocycles. The SMILES string of the molecule is CN(C)CC(C)(C)CNCc1cccc(C(F)(F)F)c1. The van der Waals surface area contributed by atoms with E-state index in [0.29, 0.717) is 12.1 Å². The van der Waals surface area contributed by atoms with Crippen LogP contribution in [-0.2, 0) is 12.7 Å². The van der Waals surface area contributed by atoms with Crippen molar-refractivity contribution >= 4 is 0 Å². The minimum Gasteiger partial charge on any atom is -0.312 e. The van der Waals surface area contributed by atoms with E-state index in [1.165, 1.54) is 12.1 Å². The maximum atomic E-state index is 12.6. The predicted octanol–water partition coefficient (Wildman–Crippen LogP) is 3.38. The van der Waals surface area contributed by atoms with Gasteiger partial charge in [-0.2, -0.15) is 13.2 Å². The average molecular weight is 288 g/mol. The maximum Gasteiger partial charge on any atom is 0.416 e. The zero-order valence-electron chi connectivity index (χ0n) is 12.5. The highest BCUT2D eigenvalue weighted by Crippen LogP contribution is 2.29. The van der Waals surface area contributed by atoms with Crippen molar-refractivity contribution in [2.24, 2.45) is 5.41 Å². The van der Waals surface area contributed by atoms with Gasteiger partial charge in [-0.15, -0.1) is 0 Å². The summed E-state index contributed by atoms with van der Waals surface area (Å²) in [5.74, 6) is 0. The van der Waals surface area contributed by atoms with Crippen LogP contribution in [0.2, 0.25) is 0 Å². The predicted molar refractivity (Wildman–Crippen MR) is 75.5 cm³/mol. The van der Waals surface area contributed by atoms with Gasteiger partial charge in [0.1, 0.15) is 0 Å². The standard InChI is InChI=1S/C15H23F3N2/c1-14(2,11-20(3)4)10-19-9-12-6-5-7-13(8-12)15(16,17)18/h5-8,19H,9-11H2,1-4H3. The molecule has 0 aliphatic heterocycles. The van der Waals surface area contributed by atoms with Crippen LogP contribution in [0.4, 0.5) is 13.2 Å². The van der Waals surface area contributed by atoms with Gasteiger partial charge in [0.15, 0.2) is 0 Å². The van der Waals surface area contributed by atoms with Crippen molar-refractivity contribution in [2.45, 2.75) is 26.6 Å². The number of rotatable bonds is 6. The van der Waals surface area contributed by atoms with Crippen molar-refractivity contribution in [3.63, 3.8) is 0 Å². The van der Waals surface area contributed by atoms with E-state index < -0.39 is 11.7 Å². The first-order valence-electron chi connectivity index (χ1n) is 6.62. The quantitative estimate of drug-likeness (QED) is 0.863. The largest absolute Gasteiger partial charge is 0.416 e. The Hall–Kier alpha value is -1.07. The summed E-state index contributed by atoms with van der Waals surface area (Å²) in [4.78, 5) is 2.10. The van der Waals surface area contributed by atoms with E-state index in [2.05, 4.69) is 24.1 Å². The zero-order valence-corrected chi connectivity index (χ0v) is 12.5. The fourth-order valence-corrected chi connectivity index (χ4v) is 2.31. The molecule has 0 radical (unpaired) electrons. The van der Waals surface area contributed by atoms with Gasteiger partial charge in [0.2, 0.25) is 0 Å². The van der Waals surface area contributed by atoms with E-state index in [4.69, 9.17) is 0 Å². The molecule has 1 aromatic carbocycles. The normalized spacial score (nSPS) is 13.0. The molecule has 0 unspecified atom stereocenters. The highest BCUT2D eigenvalue weighted by Gasteiger charge is 2.30. The average Bonchev–Trinajstić information content (AvgIpc) is 2.26. The first-order valence-corrected chi connectivity index (χ1v) is 6.62. The van der Waals surface area contributed by atoms with Crippen LogP contribution >= 0.6 is 0 Å². The lowest BCUT2D eigenvalue weighted by molar-refractivity contribution is -0.137. The van der Waals surface area contributed by atoms with E-state index >= 15 is 0 Å². The third-order valence-corrected chi connectivity index (χ3v) is 2.93. The van der Waals surface area contributed by atoms with E-state index in [9.17, 15) is 13.2 Å². The number of hydrogen-bond acceptors (Lipinski definition) is 2. The molecular weight excluding hydrogens is 265 g/mol. The van der Waals surface area contributed by atoms with Gasteiger partial charge in [0.05, 0.1) is 5.56 Å². The molecule has 0 spiro atoms. The second-order valence-electron chi connectivity index (χ2n) is 6.20. The molecule has 2 nitrogen and oxygen atoms in total. The highest BCUT2D eigenvalue weighted by molar-refractivity contribution is 5.25. The third-order valence-electron chi connectivity index (χ3n) is 2.93. The number of nitrogens with zero attached hydrogens (tertiary/aromatic N) is 1. The highest BCUT2D eigenvalue weighted by atomic mass is 19.4. The first-order chi connectivity index (χ1) is 9.10. The van der Waals surface area contributed by atoms with Gasteiger partial charge in [-0.1, -0.05) is 32.0 Å². The van der Waals surface area contributed by atoms with Crippen LogP contribution in [0.15, 0.2) is 24.3 Å². The Morgan fingerprint density at radius 1 is 1.15 bits per heavy atom. The lowest BCUT2D eigenvalue weighted by atomic mass is 9.93. The molecule has 0 bridgehead atoms. The molecular formula is C15H23F3N2. The summed E-state index contributed by atoms with van der Waals surface area (Å²) in [6, 6.07) is 5.46. The minimum absolute atomic E-state index is 0.0745. The number of nitrogens with one attached hydrogen (secondary N) is 1. The fourth-order valence-electron chi connectivity index (χ4n) is 2.31. The van der Waals surface area contributed by atoms with E-state index in [-0.39, 0.29) is 5.41 Å². The smallest absolute Gasteiger partial charge is 0.312 e. The molecule has 0 aromatic heterocycles. The molecule has 0 atom stereocenters. The number of hydrogen-bond donors (Lipinski definition) is 1. The Labute approximate surface area is 119 Å². The van der Waals surface area contributed by atoms with Crippen molar-refractivity contribution < 1.29 is 13.2 Å². The van der Waals surface area contributed by atoms with Gasteiger partial charge in [-0.05, 0) is 31.1 Å². The lowest BCUT2D eigenvalue weighted by Crippen LogP contribution is -2.37. The molecule has 0 aliphatic carbocycles. The van der Waals surface area contributed by atoms with Gasteiger partial charge >= 0.3 is 6.18 Å². The van der Waals surface area contributed by atoms with Crippen LogP contribution in [0, 0.1) is 5.41 Å². The summed E-state index contributed by atoms with van der Waals surface area (Å²) >= 11 is 0. The summed E-state index contributed by atoms with van der Waals surface area (Å²) in [6.45, 7) is 6.38. The molecule has 0 heterocycles. The molecule has 0 saturated heterocycles. The van der Waals surface area contributed by atoms with E-state index in [1.54, 1.807) is 6.07 Å². The van der Waals surface area contributed by atoms with Crippen LogP contribution in [0.5, 0.6) is 0 Å². The van der Waals surface area contributed by atoms with E-state index in [1.807, 2.05) is 14.1 Å². The second-order valence-corrected chi connectivity index (χ2v) is 6.20. The van der Waals surface area contributed by atoms with Gasteiger partial charge < -0.3 is 10.2 Å². The van der Waals surface area contributed by atoms with Crippen molar-refractivity contribution in [1.29, 1.82) is 0 Å². The Balaban J connectivity index is 2.54. The number of halogens is 3. The topological polar surface area (TPSA) is 15.3 Å². The fraction of sp³-hybridized carbons (Fsp3) is 0.600. The van der Waals surface area contributed by atoms with Crippen LogP contribution < -0.4 is 5.32 Å². The molecule has 5 heteroatoms. The van der Waals surface area contributed by atoms with Crippen LogP contribution in [-0.4, -0.2) is 32.1 Å². The molecule has 1 rings (SSSR count). The van der Waals surface area contributed by atoms with Crippen molar-refractivity contribution in [3.8, 4) is 0 Å². The zero-order chi connectivity index (χ0) is 15.4. The van der Waals surface area contributed by atoms with Gasteiger partial charge in [-0.25, -0.2) is 0 Å². The van der Waals surface area contributed by atoms with Gasteiger partial charge in [0.25, 0.3) is 0 Å². The second kappa shape index (κ2) is 6.59. The molecule has 0 amide bonds. The van der Waals surface area contributed by atoms with Gasteiger partial charge in [0, 0.05) is 19.6 Å². The Bertz CT molecular complexity index is 425. The van der Waals surface area contributed by atoms with Crippen LogP contribution in [0.25, 0.3) is 0 Å². The van der Waals surface area contributed by atoms with Crippen LogP contribution in [0.3, 0.4) is 0 Å². The Morgan fingerprint density at radius 2 is 1.80 bits per heavy atom. The summed E-state index contributed by atoms with van der Waals surface area (Å²) in [6.07, 6.45) is -4.28. The Morgan fingerprint density at radius 3 is 2.35 bits per heavy atom. The lowest BCUT2D eigenvalue weighted by Gasteiger charge is -2.28. The minimum atomic E-state index is -4.28. The Kier molecular flexibility index (Phi) is 5.59. The van der Waals surface area contributed by atoms with Gasteiger partial charge in [-0.3, -0.25) is 0 Å². The molecule has 114 valence electrons. The monoisotopic (exact) mass is 288 g/mol. The summed E-state index contributed by atoms with van der Waals surface area (Å²) in [5, 5.41) is 3.23. The first kappa shape index (κ1) is 17.0. The molecule has 1 aromatic rings. The number of benzene rings is 1. The molecule has 20 heavy (non-hydrogen) atoms. The number of alkyl halides is 3. The summed E-state index contributed by atoms with van der Waals surface area (Å²) < 4.78 is 37.8. The molecule has 1 N–H and O–H groups in total. The van der Waals surface area contributed by atoms with Crippen molar-refractivity contribution in [3.05, 3.63) is 35.4 Å². The van der Waals surface area contributed by atoms with Crippen molar-refractivity contribution in [1.82, 2.24) is 10.2 Å². The maximum absolute atomic E-state index is 12.6. The summed E-state index contributed by atoms with van der Waals surface area (Å²) in [5.41, 5.74) is 0.135. The van der Waals surface area contributed by atoms with E-state index in [0.717, 1.165) is 19.2 Å².